The Bertz CT molecular complexity index is 1490. The van der Waals surface area contributed by atoms with E-state index in [4.69, 9.17) is 16.3 Å². The van der Waals surface area contributed by atoms with Crippen LogP contribution in [0.5, 0.6) is 11.5 Å². The number of hydrogen-bond acceptors (Lipinski definition) is 3. The predicted molar refractivity (Wildman–Crippen MR) is 152 cm³/mol. The van der Waals surface area contributed by atoms with Gasteiger partial charge in [-0.1, -0.05) is 60.1 Å². The Balaban J connectivity index is 1.19. The largest absolute Gasteiger partial charge is 0.455 e. The minimum atomic E-state index is -0.169. The number of anilines is 2. The third kappa shape index (κ3) is 4.13. The number of benzene rings is 4. The maximum absolute atomic E-state index is 13.5. The fraction of sp³-hybridized carbons (Fsp3) is 0.242. The molecule has 0 unspecified atom stereocenters. The summed E-state index contributed by atoms with van der Waals surface area (Å²) in [6, 6.07) is 32.1. The Hall–Kier alpha value is -3.76. The topological polar surface area (TPSA) is 50.4 Å². The van der Waals surface area contributed by atoms with Gasteiger partial charge in [-0.25, -0.2) is 0 Å². The summed E-state index contributed by atoms with van der Waals surface area (Å²) in [6.07, 6.45) is 3.89. The fourth-order valence-corrected chi connectivity index (χ4v) is 7.29. The molecule has 0 radical (unpaired) electrons. The van der Waals surface area contributed by atoms with Crippen molar-refractivity contribution in [2.45, 2.75) is 31.2 Å². The summed E-state index contributed by atoms with van der Waals surface area (Å²) in [5, 5.41) is 7.45. The highest BCUT2D eigenvalue weighted by Gasteiger charge is 2.53. The van der Waals surface area contributed by atoms with Crippen LogP contribution in [0.1, 0.15) is 52.7 Å². The van der Waals surface area contributed by atoms with E-state index in [0.717, 1.165) is 11.6 Å². The third-order valence-corrected chi connectivity index (χ3v) is 8.90. The summed E-state index contributed by atoms with van der Waals surface area (Å²) >= 11 is 6.29. The molecule has 7 rings (SSSR count). The first-order valence-electron chi connectivity index (χ1n) is 13.4. The van der Waals surface area contributed by atoms with Crippen molar-refractivity contribution in [2.75, 3.05) is 10.6 Å². The van der Waals surface area contributed by atoms with E-state index < -0.39 is 0 Å². The Morgan fingerprint density at radius 2 is 1.63 bits per heavy atom. The number of fused-ring (bicyclic) bond motifs is 7. The van der Waals surface area contributed by atoms with Gasteiger partial charge in [0.25, 0.3) is 5.91 Å². The molecule has 4 nitrogen and oxygen atoms in total. The van der Waals surface area contributed by atoms with Crippen molar-refractivity contribution in [1.29, 1.82) is 0 Å². The van der Waals surface area contributed by atoms with Gasteiger partial charge in [-0.3, -0.25) is 4.79 Å². The normalized spacial score (nSPS) is 24.7. The molecule has 5 heteroatoms. The van der Waals surface area contributed by atoms with Crippen LogP contribution in [-0.2, 0) is 0 Å². The van der Waals surface area contributed by atoms with Gasteiger partial charge in [-0.15, -0.1) is 0 Å². The van der Waals surface area contributed by atoms with Crippen LogP contribution < -0.4 is 15.4 Å². The summed E-state index contributed by atoms with van der Waals surface area (Å²) in [4.78, 5) is 13.5. The highest BCUT2D eigenvalue weighted by molar-refractivity contribution is 6.31. The second-order valence-corrected chi connectivity index (χ2v) is 11.2. The average molecular weight is 521 g/mol. The average Bonchev–Trinajstić information content (AvgIpc) is 3.58. The first-order valence-corrected chi connectivity index (χ1v) is 13.8. The monoisotopic (exact) mass is 520 g/mol. The van der Waals surface area contributed by atoms with Crippen molar-refractivity contribution in [3.63, 3.8) is 0 Å². The van der Waals surface area contributed by atoms with Crippen LogP contribution in [-0.4, -0.2) is 5.91 Å². The molecule has 0 saturated heterocycles. The smallest absolute Gasteiger partial charge is 0.255 e. The molecule has 2 bridgehead atoms. The highest BCUT2D eigenvalue weighted by Crippen LogP contribution is 2.63. The summed E-state index contributed by atoms with van der Waals surface area (Å²) in [7, 11) is 0. The highest BCUT2D eigenvalue weighted by atomic mass is 35.5. The van der Waals surface area contributed by atoms with E-state index in [0.29, 0.717) is 51.6 Å². The lowest BCUT2D eigenvalue weighted by atomic mass is 9.68. The molecule has 2 aliphatic carbocycles. The van der Waals surface area contributed by atoms with Gasteiger partial charge in [-0.2, -0.15) is 0 Å². The first-order chi connectivity index (χ1) is 18.6. The van der Waals surface area contributed by atoms with E-state index in [1.165, 1.54) is 30.4 Å². The summed E-state index contributed by atoms with van der Waals surface area (Å²) < 4.78 is 6.05. The molecule has 4 aromatic rings. The van der Waals surface area contributed by atoms with E-state index in [1.807, 2.05) is 36.4 Å². The quantitative estimate of drug-likeness (QED) is 0.277. The number of nitrogens with one attached hydrogen (secondary N) is 2. The molecule has 190 valence electrons. The molecule has 0 aromatic heterocycles. The first kappa shape index (κ1) is 23.4. The molecule has 1 heterocycles. The molecular formula is C33H29ClN2O2. The van der Waals surface area contributed by atoms with Gasteiger partial charge < -0.3 is 15.4 Å². The van der Waals surface area contributed by atoms with Gasteiger partial charge in [0.2, 0.25) is 0 Å². The Morgan fingerprint density at radius 3 is 2.45 bits per heavy atom. The zero-order valence-corrected chi connectivity index (χ0v) is 21.7. The molecule has 2 saturated carbocycles. The molecule has 1 aliphatic heterocycles. The number of para-hydroxylation sites is 1. The molecule has 0 spiro atoms. The van der Waals surface area contributed by atoms with Gasteiger partial charge in [0.05, 0.1) is 11.7 Å². The number of halogens is 1. The Kier molecular flexibility index (Phi) is 5.85. The lowest BCUT2D eigenvalue weighted by molar-refractivity contribution is 0.102. The zero-order valence-electron chi connectivity index (χ0n) is 20.9. The SMILES string of the molecule is O=C(Nc1cc(Cl)ccc1Oc1ccccc1)c1ccc2c(c1)[C@@H]1[C@H]3CC[C@@H](C3)[C@@H]1[C@@H](c1ccccc1)N2. The summed E-state index contributed by atoms with van der Waals surface area (Å²) in [5.74, 6) is 3.53. The van der Waals surface area contributed by atoms with Crippen molar-refractivity contribution in [3.8, 4) is 11.5 Å². The maximum atomic E-state index is 13.5. The van der Waals surface area contributed by atoms with Crippen molar-refractivity contribution in [1.82, 2.24) is 0 Å². The van der Waals surface area contributed by atoms with Gasteiger partial charge >= 0.3 is 0 Å². The van der Waals surface area contributed by atoms with Gasteiger partial charge in [-0.05, 0) is 103 Å². The molecule has 1 amide bonds. The molecule has 4 aromatic carbocycles. The number of hydrogen-bond donors (Lipinski definition) is 2. The van der Waals surface area contributed by atoms with E-state index >= 15 is 0 Å². The predicted octanol–water partition coefficient (Wildman–Crippen LogP) is 8.68. The van der Waals surface area contributed by atoms with Gasteiger partial charge in [0.15, 0.2) is 5.75 Å². The lowest BCUT2D eigenvalue weighted by Crippen LogP contribution is -2.35. The minimum absolute atomic E-state index is 0.169. The standard InChI is InChI=1S/C33H29ClN2O2/c34-24-14-16-29(38-25-9-5-2-6-10-25)28(19-24)36-33(37)23-13-15-27-26(18-23)30-21-11-12-22(17-21)31(30)32(35-27)20-7-3-1-4-8-20/h1-10,13-16,18-19,21-22,30-32,35H,11-12,17H2,(H,36,37)/t21-,22-,30-,31-,32+/m0/s1. The van der Waals surface area contributed by atoms with Crippen LogP contribution in [0, 0.1) is 17.8 Å². The van der Waals surface area contributed by atoms with E-state index in [2.05, 4.69) is 53.1 Å². The van der Waals surface area contributed by atoms with Crippen LogP contribution in [0.3, 0.4) is 0 Å². The zero-order chi connectivity index (χ0) is 25.6. The number of carbonyl (C=O) groups is 1. The van der Waals surface area contributed by atoms with Crippen LogP contribution in [0.4, 0.5) is 11.4 Å². The van der Waals surface area contributed by atoms with Crippen LogP contribution >= 0.6 is 11.6 Å². The number of ether oxygens (including phenoxy) is 1. The van der Waals surface area contributed by atoms with Crippen molar-refractivity contribution in [3.05, 3.63) is 119 Å². The second kappa shape index (κ2) is 9.52. The molecular weight excluding hydrogens is 492 g/mol. The van der Waals surface area contributed by atoms with Gasteiger partial charge in [0.1, 0.15) is 5.75 Å². The van der Waals surface area contributed by atoms with E-state index in [-0.39, 0.29) is 5.91 Å². The maximum Gasteiger partial charge on any atom is 0.255 e. The van der Waals surface area contributed by atoms with E-state index in [1.54, 1.807) is 18.2 Å². The number of carbonyl (C=O) groups excluding carboxylic acids is 1. The summed E-state index contributed by atoms with van der Waals surface area (Å²) in [6.45, 7) is 0. The van der Waals surface area contributed by atoms with Crippen molar-refractivity contribution >= 4 is 28.9 Å². The van der Waals surface area contributed by atoms with Gasteiger partial charge in [0, 0.05) is 16.3 Å². The minimum Gasteiger partial charge on any atom is -0.455 e. The molecule has 5 atom stereocenters. The lowest BCUT2D eigenvalue weighted by Gasteiger charge is -2.43. The van der Waals surface area contributed by atoms with E-state index in [9.17, 15) is 4.79 Å². The Labute approximate surface area is 228 Å². The van der Waals surface area contributed by atoms with Crippen LogP contribution in [0.15, 0.2) is 97.1 Å². The molecule has 3 aliphatic rings. The van der Waals surface area contributed by atoms with Crippen LogP contribution in [0.2, 0.25) is 5.02 Å². The van der Waals surface area contributed by atoms with Crippen molar-refractivity contribution < 1.29 is 9.53 Å². The summed E-state index contributed by atoms with van der Waals surface area (Å²) in [5.41, 5.74) is 4.99. The van der Waals surface area contributed by atoms with Crippen molar-refractivity contribution in [2.24, 2.45) is 17.8 Å². The number of rotatable bonds is 5. The molecule has 2 fully saturated rings. The number of amides is 1. The Morgan fingerprint density at radius 1 is 0.868 bits per heavy atom. The third-order valence-electron chi connectivity index (χ3n) is 8.67. The molecule has 38 heavy (non-hydrogen) atoms. The van der Waals surface area contributed by atoms with Crippen LogP contribution in [0.25, 0.3) is 0 Å². The second-order valence-electron chi connectivity index (χ2n) is 10.8. The fourth-order valence-electron chi connectivity index (χ4n) is 7.12. The molecule has 2 N–H and O–H groups in total.